The number of hydrogen-bond acceptors (Lipinski definition) is 1. The van der Waals surface area contributed by atoms with Gasteiger partial charge in [-0.2, -0.15) is 0 Å². The average molecular weight is 252 g/mol. The molecule has 0 saturated carbocycles. The van der Waals surface area contributed by atoms with Crippen molar-refractivity contribution in [3.8, 4) is 0 Å². The van der Waals surface area contributed by atoms with Gasteiger partial charge in [0.1, 0.15) is 0 Å². The molecule has 0 amide bonds. The number of benzene rings is 2. The maximum Gasteiger partial charge on any atom is 0.0158 e. The first-order chi connectivity index (χ1) is 8.90. The second-order valence-electron chi connectivity index (χ2n) is 3.87. The third-order valence-corrected chi connectivity index (χ3v) is 3.63. The minimum absolute atomic E-state index is 0.893. The van der Waals surface area contributed by atoms with Gasteiger partial charge in [-0.15, -0.1) is 6.58 Å². The summed E-state index contributed by atoms with van der Waals surface area (Å²) >= 11 is 1.80. The van der Waals surface area contributed by atoms with E-state index in [-0.39, 0.29) is 0 Å². The van der Waals surface area contributed by atoms with E-state index in [1.54, 1.807) is 11.8 Å². The highest BCUT2D eigenvalue weighted by Gasteiger charge is 2.02. The van der Waals surface area contributed by atoms with Crippen molar-refractivity contribution in [2.45, 2.75) is 11.3 Å². The van der Waals surface area contributed by atoms with Crippen LogP contribution in [0.5, 0.6) is 0 Å². The number of rotatable bonds is 5. The van der Waals surface area contributed by atoms with E-state index < -0.39 is 0 Å². The quantitative estimate of drug-likeness (QED) is 0.507. The zero-order chi connectivity index (χ0) is 12.6. The van der Waals surface area contributed by atoms with Crippen molar-refractivity contribution in [1.29, 1.82) is 0 Å². The molecule has 0 nitrogen and oxygen atoms in total. The Labute approximate surface area is 113 Å². The summed E-state index contributed by atoms with van der Waals surface area (Å²) < 4.78 is 0. The summed E-state index contributed by atoms with van der Waals surface area (Å²) in [5, 5.41) is 0. The highest BCUT2D eigenvalue weighted by atomic mass is 32.2. The first kappa shape index (κ1) is 12.7. The monoisotopic (exact) mass is 252 g/mol. The topological polar surface area (TPSA) is 0 Å². The van der Waals surface area contributed by atoms with E-state index in [9.17, 15) is 0 Å². The Kier molecular flexibility index (Phi) is 4.86. The van der Waals surface area contributed by atoms with E-state index >= 15 is 0 Å². The van der Waals surface area contributed by atoms with E-state index in [0.717, 1.165) is 6.42 Å². The molecule has 0 aromatic heterocycles. The normalized spacial score (nSPS) is 11.2. The summed E-state index contributed by atoms with van der Waals surface area (Å²) in [5.74, 6) is 0. The van der Waals surface area contributed by atoms with Crippen LogP contribution in [-0.4, -0.2) is 0 Å². The van der Waals surface area contributed by atoms with Crippen molar-refractivity contribution in [3.63, 3.8) is 0 Å². The molecule has 1 heteroatoms. The van der Waals surface area contributed by atoms with Crippen LogP contribution < -0.4 is 0 Å². The van der Waals surface area contributed by atoms with Crippen molar-refractivity contribution >= 4 is 16.7 Å². The Morgan fingerprint density at radius 2 is 1.56 bits per heavy atom. The van der Waals surface area contributed by atoms with Gasteiger partial charge < -0.3 is 0 Å². The van der Waals surface area contributed by atoms with Gasteiger partial charge in [0.15, 0.2) is 0 Å². The standard InChI is InChI=1S/C17H16S/c1-2-3-14-17(15-10-6-4-7-11-15)18-16-12-8-5-9-13-16/h2,4-14H,1,3H2/b17-14+. The average Bonchev–Trinajstić information content (AvgIpc) is 2.45. The molecule has 0 heterocycles. The highest BCUT2D eigenvalue weighted by Crippen LogP contribution is 2.34. The van der Waals surface area contributed by atoms with Gasteiger partial charge in [0.2, 0.25) is 0 Å². The van der Waals surface area contributed by atoms with Crippen LogP contribution in [0.2, 0.25) is 0 Å². The number of allylic oxidation sites excluding steroid dienone is 2. The Morgan fingerprint density at radius 1 is 0.944 bits per heavy atom. The SMILES string of the molecule is C=CC/C=C(/Sc1ccccc1)c1ccccc1. The molecule has 0 bridgehead atoms. The number of hydrogen-bond donors (Lipinski definition) is 0. The highest BCUT2D eigenvalue weighted by molar-refractivity contribution is 8.08. The van der Waals surface area contributed by atoms with Gasteiger partial charge in [-0.1, -0.05) is 72.4 Å². The molecule has 2 aromatic rings. The lowest BCUT2D eigenvalue weighted by Gasteiger charge is -2.07. The minimum Gasteiger partial charge on any atom is -0.103 e. The fourth-order valence-corrected chi connectivity index (χ4v) is 2.61. The zero-order valence-electron chi connectivity index (χ0n) is 10.3. The second kappa shape index (κ2) is 6.87. The summed E-state index contributed by atoms with van der Waals surface area (Å²) in [7, 11) is 0. The van der Waals surface area contributed by atoms with Crippen molar-refractivity contribution in [2.24, 2.45) is 0 Å². The van der Waals surface area contributed by atoms with Gasteiger partial charge in [-0.25, -0.2) is 0 Å². The van der Waals surface area contributed by atoms with Crippen molar-refractivity contribution < 1.29 is 0 Å². The maximum absolute atomic E-state index is 3.78. The lowest BCUT2D eigenvalue weighted by molar-refractivity contribution is 1.41. The molecule has 0 atom stereocenters. The van der Waals surface area contributed by atoms with Crippen LogP contribution in [0, 0.1) is 0 Å². The van der Waals surface area contributed by atoms with Crippen molar-refractivity contribution in [3.05, 3.63) is 85.0 Å². The molecule has 18 heavy (non-hydrogen) atoms. The van der Waals surface area contributed by atoms with Gasteiger partial charge >= 0.3 is 0 Å². The van der Waals surface area contributed by atoms with Gasteiger partial charge in [0.05, 0.1) is 0 Å². The van der Waals surface area contributed by atoms with Gasteiger partial charge in [0, 0.05) is 9.80 Å². The Balaban J connectivity index is 2.24. The Hall–Kier alpha value is -1.73. The Bertz CT molecular complexity index is 512. The molecule has 0 aliphatic carbocycles. The number of thioether (sulfide) groups is 1. The molecular weight excluding hydrogens is 236 g/mol. The summed E-state index contributed by atoms with van der Waals surface area (Å²) in [6.07, 6.45) is 5.04. The largest absolute Gasteiger partial charge is 0.103 e. The molecule has 0 N–H and O–H groups in total. The smallest absolute Gasteiger partial charge is 0.0158 e. The van der Waals surface area contributed by atoms with Gasteiger partial charge in [-0.3, -0.25) is 0 Å². The molecule has 90 valence electrons. The van der Waals surface area contributed by atoms with E-state index in [1.165, 1.54) is 15.4 Å². The second-order valence-corrected chi connectivity index (χ2v) is 4.99. The predicted molar refractivity (Wildman–Crippen MR) is 81.5 cm³/mol. The molecule has 2 rings (SSSR count). The van der Waals surface area contributed by atoms with Gasteiger partial charge in [-0.05, 0) is 24.1 Å². The van der Waals surface area contributed by atoms with Crippen LogP contribution in [0.3, 0.4) is 0 Å². The lowest BCUT2D eigenvalue weighted by Crippen LogP contribution is -1.80. The summed E-state index contributed by atoms with van der Waals surface area (Å²) in [6, 6.07) is 20.9. The molecule has 0 radical (unpaired) electrons. The Morgan fingerprint density at radius 3 is 2.17 bits per heavy atom. The third-order valence-electron chi connectivity index (χ3n) is 2.50. The fourth-order valence-electron chi connectivity index (χ4n) is 1.63. The van der Waals surface area contributed by atoms with Gasteiger partial charge in [0.25, 0.3) is 0 Å². The summed E-state index contributed by atoms with van der Waals surface area (Å²) in [6.45, 7) is 3.78. The summed E-state index contributed by atoms with van der Waals surface area (Å²) in [5.41, 5.74) is 1.26. The molecule has 2 aromatic carbocycles. The zero-order valence-corrected chi connectivity index (χ0v) is 11.1. The molecular formula is C17H16S. The van der Waals surface area contributed by atoms with Crippen molar-refractivity contribution in [1.82, 2.24) is 0 Å². The summed E-state index contributed by atoms with van der Waals surface area (Å²) in [4.78, 5) is 2.54. The molecule has 0 fully saturated rings. The van der Waals surface area contributed by atoms with Crippen LogP contribution in [0.25, 0.3) is 4.91 Å². The lowest BCUT2D eigenvalue weighted by atomic mass is 10.2. The maximum atomic E-state index is 3.78. The molecule has 0 saturated heterocycles. The first-order valence-electron chi connectivity index (χ1n) is 5.99. The molecule has 0 unspecified atom stereocenters. The van der Waals surface area contributed by atoms with Crippen LogP contribution in [0.1, 0.15) is 12.0 Å². The third kappa shape index (κ3) is 3.64. The van der Waals surface area contributed by atoms with E-state index in [4.69, 9.17) is 0 Å². The van der Waals surface area contributed by atoms with Crippen LogP contribution in [-0.2, 0) is 0 Å². The minimum atomic E-state index is 0.893. The van der Waals surface area contributed by atoms with E-state index in [2.05, 4.69) is 61.2 Å². The fraction of sp³-hybridized carbons (Fsp3) is 0.0588. The molecule has 0 spiro atoms. The van der Waals surface area contributed by atoms with Crippen LogP contribution >= 0.6 is 11.8 Å². The van der Waals surface area contributed by atoms with E-state index in [1.807, 2.05) is 18.2 Å². The molecule has 0 aliphatic heterocycles. The van der Waals surface area contributed by atoms with Crippen LogP contribution in [0.15, 0.2) is 84.3 Å². The van der Waals surface area contributed by atoms with Crippen molar-refractivity contribution in [2.75, 3.05) is 0 Å². The predicted octanol–water partition coefficient (Wildman–Crippen LogP) is 5.40. The molecule has 0 aliphatic rings. The van der Waals surface area contributed by atoms with Crippen LogP contribution in [0.4, 0.5) is 0 Å². The van der Waals surface area contributed by atoms with E-state index in [0.29, 0.717) is 0 Å². The first-order valence-corrected chi connectivity index (χ1v) is 6.81.